The highest BCUT2D eigenvalue weighted by atomic mass is 35.5. The van der Waals surface area contributed by atoms with Crippen LogP contribution in [0.15, 0.2) is 84.9 Å². The Morgan fingerprint density at radius 1 is 0.800 bits per heavy atom. The molecule has 4 rings (SSSR count). The quantitative estimate of drug-likeness (QED) is 0.447. The molecule has 3 aromatic carbocycles. The maximum atomic E-state index is 13.9. The number of nitrogens with zero attached hydrogens (tertiary/aromatic N) is 2. The van der Waals surface area contributed by atoms with E-state index in [1.165, 1.54) is 4.90 Å². The lowest BCUT2D eigenvalue weighted by Crippen LogP contribution is -2.52. The van der Waals surface area contributed by atoms with Gasteiger partial charge in [-0.25, -0.2) is 0 Å². The zero-order chi connectivity index (χ0) is 24.9. The number of ketones is 2. The molecular weight excluding hydrogens is 460 g/mol. The summed E-state index contributed by atoms with van der Waals surface area (Å²) in [5.41, 5.74) is 2.05. The highest BCUT2D eigenvalue weighted by molar-refractivity contribution is 6.30. The summed E-state index contributed by atoms with van der Waals surface area (Å²) in [6, 6.07) is 25.7. The standard InChI is InChI=1S/C29H29ClN2O3/c1-31(2)26(33)19-32-17-24(28(34)20-10-5-3-6-11-20)27(22-14-9-15-23(30)16-22)25(18-32)29(35)21-12-7-4-8-13-21/h3-16,24-25,27H,17-19H2,1-2H3/t24-,25-/m0/s1. The number of hydrogen-bond acceptors (Lipinski definition) is 4. The van der Waals surface area contributed by atoms with E-state index in [0.29, 0.717) is 29.2 Å². The average molecular weight is 489 g/mol. The van der Waals surface area contributed by atoms with Gasteiger partial charge in [-0.15, -0.1) is 0 Å². The molecule has 0 aromatic heterocycles. The lowest BCUT2D eigenvalue weighted by Gasteiger charge is -2.43. The Morgan fingerprint density at radius 3 is 1.77 bits per heavy atom. The Bertz CT molecular complexity index is 1140. The molecule has 0 unspecified atom stereocenters. The highest BCUT2D eigenvalue weighted by Gasteiger charge is 2.45. The second kappa shape index (κ2) is 11.0. The molecule has 180 valence electrons. The van der Waals surface area contributed by atoms with Crippen molar-refractivity contribution in [1.29, 1.82) is 0 Å². The second-order valence-corrected chi connectivity index (χ2v) is 9.67. The Labute approximate surface area is 211 Å². The van der Waals surface area contributed by atoms with Crippen LogP contribution in [0, 0.1) is 11.8 Å². The number of likely N-dealkylation sites (N-methyl/N-ethyl adjacent to an activating group) is 1. The van der Waals surface area contributed by atoms with Crippen molar-refractivity contribution in [3.8, 4) is 0 Å². The summed E-state index contributed by atoms with van der Waals surface area (Å²) in [6.07, 6.45) is 0. The Balaban J connectivity index is 1.81. The van der Waals surface area contributed by atoms with E-state index in [1.807, 2.05) is 59.5 Å². The van der Waals surface area contributed by atoms with Crippen molar-refractivity contribution in [3.05, 3.63) is 107 Å². The average Bonchev–Trinajstić information content (AvgIpc) is 2.88. The minimum absolute atomic E-state index is 0.0385. The van der Waals surface area contributed by atoms with Crippen LogP contribution in [0.4, 0.5) is 0 Å². The van der Waals surface area contributed by atoms with Crippen molar-refractivity contribution < 1.29 is 14.4 Å². The summed E-state index contributed by atoms with van der Waals surface area (Å²) >= 11 is 6.35. The molecule has 0 bridgehead atoms. The van der Waals surface area contributed by atoms with Crippen molar-refractivity contribution in [2.75, 3.05) is 33.7 Å². The molecule has 0 spiro atoms. The second-order valence-electron chi connectivity index (χ2n) is 9.24. The molecule has 35 heavy (non-hydrogen) atoms. The van der Waals surface area contributed by atoms with Crippen LogP contribution < -0.4 is 0 Å². The molecule has 0 saturated carbocycles. The Morgan fingerprint density at radius 2 is 1.31 bits per heavy atom. The molecule has 5 nitrogen and oxygen atoms in total. The number of Topliss-reactive ketones (excluding diaryl/α,β-unsaturated/α-hetero) is 2. The first kappa shape index (κ1) is 24.8. The van der Waals surface area contributed by atoms with E-state index in [4.69, 9.17) is 11.6 Å². The van der Waals surface area contributed by atoms with E-state index in [1.54, 1.807) is 44.4 Å². The van der Waals surface area contributed by atoms with Gasteiger partial charge in [0.05, 0.1) is 6.54 Å². The van der Waals surface area contributed by atoms with Crippen LogP contribution in [0.3, 0.4) is 0 Å². The number of halogens is 1. The van der Waals surface area contributed by atoms with E-state index in [-0.39, 0.29) is 29.9 Å². The van der Waals surface area contributed by atoms with E-state index in [0.717, 1.165) is 5.56 Å². The SMILES string of the molecule is CN(C)C(=O)CN1C[C@H](C(=O)c2ccccc2)C(c2cccc(Cl)c2)[C@@H](C(=O)c2ccccc2)C1. The Hall–Kier alpha value is -3.28. The maximum absolute atomic E-state index is 13.9. The fraction of sp³-hybridized carbons (Fsp3) is 0.276. The predicted molar refractivity (Wildman–Crippen MR) is 138 cm³/mol. The zero-order valence-corrected chi connectivity index (χ0v) is 20.7. The minimum atomic E-state index is -0.516. The highest BCUT2D eigenvalue weighted by Crippen LogP contribution is 2.41. The normalized spacial score (nSPS) is 18.7. The van der Waals surface area contributed by atoms with Crippen LogP contribution in [0.5, 0.6) is 0 Å². The van der Waals surface area contributed by atoms with Crippen molar-refractivity contribution >= 4 is 29.1 Å². The van der Waals surface area contributed by atoms with Gasteiger partial charge >= 0.3 is 0 Å². The third kappa shape index (κ3) is 5.69. The molecule has 0 N–H and O–H groups in total. The lowest BCUT2D eigenvalue weighted by atomic mass is 9.68. The smallest absolute Gasteiger partial charge is 0.236 e. The van der Waals surface area contributed by atoms with Gasteiger partial charge < -0.3 is 4.90 Å². The van der Waals surface area contributed by atoms with Crippen molar-refractivity contribution in [3.63, 3.8) is 0 Å². The van der Waals surface area contributed by atoms with Gasteiger partial charge in [0, 0.05) is 61.1 Å². The molecule has 1 fully saturated rings. The fourth-order valence-electron chi connectivity index (χ4n) is 4.90. The largest absolute Gasteiger partial charge is 0.348 e. The number of rotatable bonds is 7. The van der Waals surface area contributed by atoms with Crippen LogP contribution in [0.2, 0.25) is 5.02 Å². The first-order valence-electron chi connectivity index (χ1n) is 11.7. The zero-order valence-electron chi connectivity index (χ0n) is 19.9. The van der Waals surface area contributed by atoms with E-state index < -0.39 is 11.8 Å². The lowest BCUT2D eigenvalue weighted by molar-refractivity contribution is -0.130. The van der Waals surface area contributed by atoms with Gasteiger partial charge in [0.1, 0.15) is 0 Å². The van der Waals surface area contributed by atoms with Crippen LogP contribution in [0.1, 0.15) is 32.2 Å². The summed E-state index contributed by atoms with van der Waals surface area (Å²) < 4.78 is 0. The molecule has 1 heterocycles. The number of carbonyl (C=O) groups excluding carboxylic acids is 3. The predicted octanol–water partition coefficient (Wildman–Crippen LogP) is 4.83. The molecular formula is C29H29ClN2O3. The summed E-state index contributed by atoms with van der Waals surface area (Å²) in [6.45, 7) is 0.901. The summed E-state index contributed by atoms with van der Waals surface area (Å²) in [5, 5.41) is 0.560. The van der Waals surface area contributed by atoms with Gasteiger partial charge in [-0.2, -0.15) is 0 Å². The van der Waals surface area contributed by atoms with E-state index in [9.17, 15) is 14.4 Å². The first-order chi connectivity index (χ1) is 16.8. The van der Waals surface area contributed by atoms with Gasteiger partial charge in [-0.05, 0) is 17.7 Å². The summed E-state index contributed by atoms with van der Waals surface area (Å²) in [5.74, 6) is -1.55. The molecule has 0 aliphatic carbocycles. The summed E-state index contributed by atoms with van der Waals surface area (Å²) in [7, 11) is 3.42. The molecule has 3 aromatic rings. The van der Waals surface area contributed by atoms with Gasteiger partial charge in [0.25, 0.3) is 0 Å². The molecule has 1 aliphatic rings. The monoisotopic (exact) mass is 488 g/mol. The van der Waals surface area contributed by atoms with E-state index >= 15 is 0 Å². The third-order valence-electron chi connectivity index (χ3n) is 6.66. The van der Waals surface area contributed by atoms with Crippen LogP contribution in [-0.2, 0) is 4.79 Å². The van der Waals surface area contributed by atoms with Gasteiger partial charge in [-0.1, -0.05) is 84.4 Å². The fourth-order valence-corrected chi connectivity index (χ4v) is 5.10. The summed E-state index contributed by atoms with van der Waals surface area (Å²) in [4.78, 5) is 43.8. The van der Waals surface area contributed by atoms with Crippen LogP contribution in [0.25, 0.3) is 0 Å². The molecule has 6 heteroatoms. The van der Waals surface area contributed by atoms with Crippen molar-refractivity contribution in [2.24, 2.45) is 11.8 Å². The number of hydrogen-bond donors (Lipinski definition) is 0. The van der Waals surface area contributed by atoms with Crippen LogP contribution >= 0.6 is 11.6 Å². The van der Waals surface area contributed by atoms with Crippen molar-refractivity contribution in [2.45, 2.75) is 5.92 Å². The number of amides is 1. The Kier molecular flexibility index (Phi) is 7.79. The maximum Gasteiger partial charge on any atom is 0.236 e. The molecule has 1 saturated heterocycles. The van der Waals surface area contributed by atoms with Gasteiger partial charge in [0.2, 0.25) is 5.91 Å². The molecule has 0 radical (unpaired) electrons. The molecule has 1 aliphatic heterocycles. The minimum Gasteiger partial charge on any atom is -0.348 e. The van der Waals surface area contributed by atoms with Crippen molar-refractivity contribution in [1.82, 2.24) is 9.80 Å². The first-order valence-corrected chi connectivity index (χ1v) is 12.1. The number of benzene rings is 3. The third-order valence-corrected chi connectivity index (χ3v) is 6.89. The number of piperidine rings is 1. The van der Waals surface area contributed by atoms with Gasteiger partial charge in [0.15, 0.2) is 11.6 Å². The number of carbonyl (C=O) groups is 3. The van der Waals surface area contributed by atoms with E-state index in [2.05, 4.69) is 0 Å². The molecule has 1 amide bonds. The number of likely N-dealkylation sites (tertiary alicyclic amines) is 1. The van der Waals surface area contributed by atoms with Gasteiger partial charge in [-0.3, -0.25) is 19.3 Å². The topological polar surface area (TPSA) is 57.7 Å². The molecule has 2 atom stereocenters. The van der Waals surface area contributed by atoms with Crippen LogP contribution in [-0.4, -0.2) is 61.0 Å².